The van der Waals surface area contributed by atoms with E-state index in [0.717, 1.165) is 27.1 Å². The largest absolute Gasteiger partial charge is 0.481 e. The van der Waals surface area contributed by atoms with E-state index in [1.165, 1.54) is 23.5 Å². The Kier molecular flexibility index (Phi) is 7.39. The van der Waals surface area contributed by atoms with Crippen LogP contribution < -0.4 is 10.6 Å². The highest BCUT2D eigenvalue weighted by Crippen LogP contribution is 2.44. The SMILES string of the molecule is O=C(O)CC(NC(=O)/C=C/CNC(=O)OCC1c2ccccc2-c2ccccc21)c1cccs1. The number of hydrogen-bond donors (Lipinski definition) is 3. The predicted molar refractivity (Wildman–Crippen MR) is 130 cm³/mol. The number of fused-ring (bicyclic) bond motifs is 3. The van der Waals surface area contributed by atoms with Gasteiger partial charge < -0.3 is 20.5 Å². The Morgan fingerprint density at radius 2 is 1.68 bits per heavy atom. The van der Waals surface area contributed by atoms with E-state index in [0.29, 0.717) is 0 Å². The lowest BCUT2D eigenvalue weighted by molar-refractivity contribution is -0.137. The zero-order valence-corrected chi connectivity index (χ0v) is 19.1. The second kappa shape index (κ2) is 10.8. The Bertz CT molecular complexity index is 1160. The molecule has 7 nitrogen and oxygen atoms in total. The maximum Gasteiger partial charge on any atom is 0.407 e. The molecule has 0 saturated carbocycles. The van der Waals surface area contributed by atoms with Crippen LogP contribution in [0.1, 0.15) is 34.4 Å². The molecule has 1 aliphatic carbocycles. The van der Waals surface area contributed by atoms with Crippen LogP contribution in [-0.4, -0.2) is 36.2 Å². The van der Waals surface area contributed by atoms with Gasteiger partial charge in [-0.05, 0) is 33.7 Å². The summed E-state index contributed by atoms with van der Waals surface area (Å²) in [5, 5.41) is 16.2. The van der Waals surface area contributed by atoms with Crippen molar-refractivity contribution in [2.75, 3.05) is 13.2 Å². The van der Waals surface area contributed by atoms with Crippen molar-refractivity contribution >= 4 is 29.3 Å². The van der Waals surface area contributed by atoms with Crippen LogP contribution in [0.5, 0.6) is 0 Å². The third kappa shape index (κ3) is 5.52. The molecule has 4 rings (SSSR count). The minimum absolute atomic E-state index is 0.0251. The van der Waals surface area contributed by atoms with E-state index >= 15 is 0 Å². The molecule has 3 aromatic rings. The molecule has 1 aromatic heterocycles. The van der Waals surface area contributed by atoms with Crippen LogP contribution in [0.15, 0.2) is 78.2 Å². The molecule has 0 radical (unpaired) electrons. The average molecular weight is 477 g/mol. The fourth-order valence-corrected chi connectivity index (χ4v) is 4.84. The molecule has 0 bridgehead atoms. The van der Waals surface area contributed by atoms with Crippen LogP contribution in [0.3, 0.4) is 0 Å². The fourth-order valence-electron chi connectivity index (χ4n) is 4.06. The molecule has 0 saturated heterocycles. The van der Waals surface area contributed by atoms with Crippen LogP contribution >= 0.6 is 11.3 Å². The van der Waals surface area contributed by atoms with Crippen molar-refractivity contribution in [2.45, 2.75) is 18.4 Å². The molecule has 2 aromatic carbocycles. The first-order valence-corrected chi connectivity index (χ1v) is 11.7. The molecule has 3 N–H and O–H groups in total. The standard InChI is InChI=1S/C26H24N2O5S/c29-24(28-22(15-25(30)31)23-11-6-14-34-23)12-5-13-27-26(32)33-16-21-19-9-3-1-7-17(19)18-8-2-4-10-20(18)21/h1-12,14,21-22H,13,15-16H2,(H,27,32)(H,28,29)(H,30,31)/b12-5+. The number of carbonyl (C=O) groups excluding carboxylic acids is 2. The van der Waals surface area contributed by atoms with Gasteiger partial charge in [0.2, 0.25) is 5.91 Å². The zero-order valence-electron chi connectivity index (χ0n) is 18.3. The highest BCUT2D eigenvalue weighted by Gasteiger charge is 2.28. The molecule has 0 fully saturated rings. The van der Waals surface area contributed by atoms with E-state index in [1.54, 1.807) is 12.1 Å². The maximum atomic E-state index is 12.2. The smallest absolute Gasteiger partial charge is 0.407 e. The summed E-state index contributed by atoms with van der Waals surface area (Å²) in [5.41, 5.74) is 4.58. The van der Waals surface area contributed by atoms with Crippen molar-refractivity contribution in [3.05, 3.63) is 94.2 Å². The molecule has 1 unspecified atom stereocenters. The summed E-state index contributed by atoms with van der Waals surface area (Å²) in [5.74, 6) is -1.46. The van der Waals surface area contributed by atoms with Gasteiger partial charge in [0.1, 0.15) is 6.61 Å². The number of rotatable bonds is 9. The van der Waals surface area contributed by atoms with Crippen molar-refractivity contribution in [1.82, 2.24) is 10.6 Å². The van der Waals surface area contributed by atoms with Crippen LogP contribution in [0.25, 0.3) is 11.1 Å². The lowest BCUT2D eigenvalue weighted by Gasteiger charge is -2.14. The fraction of sp³-hybridized carbons (Fsp3) is 0.192. The van der Waals surface area contributed by atoms with Crippen LogP contribution in [0, 0.1) is 0 Å². The number of nitrogens with one attached hydrogen (secondary N) is 2. The molecule has 34 heavy (non-hydrogen) atoms. The van der Waals surface area contributed by atoms with Crippen molar-refractivity contribution in [3.8, 4) is 11.1 Å². The number of hydrogen-bond acceptors (Lipinski definition) is 5. The molecule has 1 heterocycles. The highest BCUT2D eigenvalue weighted by atomic mass is 32.1. The molecular formula is C26H24N2O5S. The summed E-state index contributed by atoms with van der Waals surface area (Å²) in [6, 6.07) is 19.2. The first-order valence-electron chi connectivity index (χ1n) is 10.8. The number of amides is 2. The van der Waals surface area contributed by atoms with Crippen molar-refractivity contribution < 1.29 is 24.2 Å². The molecule has 1 atom stereocenters. The van der Waals surface area contributed by atoms with Gasteiger partial charge in [0, 0.05) is 23.4 Å². The van der Waals surface area contributed by atoms with Crippen LogP contribution in [0.2, 0.25) is 0 Å². The first-order chi connectivity index (χ1) is 16.5. The van der Waals surface area contributed by atoms with Gasteiger partial charge in [0.15, 0.2) is 0 Å². The number of benzene rings is 2. The van der Waals surface area contributed by atoms with E-state index in [2.05, 4.69) is 34.9 Å². The van der Waals surface area contributed by atoms with Gasteiger partial charge in [0.05, 0.1) is 12.5 Å². The number of alkyl carbamates (subject to hydrolysis) is 1. The van der Waals surface area contributed by atoms with E-state index < -0.39 is 24.0 Å². The lowest BCUT2D eigenvalue weighted by atomic mass is 9.98. The normalized spacial score (nSPS) is 13.2. The number of ether oxygens (including phenoxy) is 1. The molecule has 8 heteroatoms. The van der Waals surface area contributed by atoms with Crippen molar-refractivity contribution in [2.24, 2.45) is 0 Å². The predicted octanol–water partition coefficient (Wildman–Crippen LogP) is 4.48. The Hall–Kier alpha value is -3.91. The molecule has 1 aliphatic rings. The number of aliphatic carboxylic acids is 1. The van der Waals surface area contributed by atoms with Crippen LogP contribution in [0.4, 0.5) is 4.79 Å². The summed E-state index contributed by atoms with van der Waals surface area (Å²) < 4.78 is 5.46. The number of carboxylic acid groups (broad SMARTS) is 1. The second-order valence-electron chi connectivity index (χ2n) is 7.78. The third-order valence-corrected chi connectivity index (χ3v) is 6.54. The quantitative estimate of drug-likeness (QED) is 0.395. The minimum atomic E-state index is -1.00. The van der Waals surface area contributed by atoms with Crippen molar-refractivity contribution in [1.29, 1.82) is 0 Å². The van der Waals surface area contributed by atoms with Gasteiger partial charge in [-0.1, -0.05) is 60.7 Å². The number of carbonyl (C=O) groups is 3. The Balaban J connectivity index is 1.25. The van der Waals surface area contributed by atoms with Gasteiger partial charge in [-0.25, -0.2) is 4.79 Å². The topological polar surface area (TPSA) is 105 Å². The van der Waals surface area contributed by atoms with Gasteiger partial charge in [-0.3, -0.25) is 9.59 Å². The summed E-state index contributed by atoms with van der Waals surface area (Å²) in [6.07, 6.45) is 1.97. The monoisotopic (exact) mass is 476 g/mol. The van der Waals surface area contributed by atoms with Gasteiger partial charge in [-0.2, -0.15) is 0 Å². The molecule has 2 amide bonds. The second-order valence-corrected chi connectivity index (χ2v) is 8.76. The minimum Gasteiger partial charge on any atom is -0.481 e. The summed E-state index contributed by atoms with van der Waals surface area (Å²) >= 11 is 1.38. The average Bonchev–Trinajstić information content (AvgIpc) is 3.47. The molecule has 0 aliphatic heterocycles. The summed E-state index contributed by atoms with van der Waals surface area (Å²) in [6.45, 7) is 0.314. The maximum absolute atomic E-state index is 12.2. The summed E-state index contributed by atoms with van der Waals surface area (Å²) in [7, 11) is 0. The zero-order chi connectivity index (χ0) is 23.9. The van der Waals surface area contributed by atoms with E-state index in [9.17, 15) is 14.4 Å². The Labute approximate surface area is 201 Å². The Morgan fingerprint density at radius 1 is 1.00 bits per heavy atom. The highest BCUT2D eigenvalue weighted by molar-refractivity contribution is 7.10. The van der Waals surface area contributed by atoms with Gasteiger partial charge >= 0.3 is 12.1 Å². The van der Waals surface area contributed by atoms with E-state index in [4.69, 9.17) is 9.84 Å². The first kappa shape index (κ1) is 23.3. The third-order valence-electron chi connectivity index (χ3n) is 5.56. The molecule has 174 valence electrons. The van der Waals surface area contributed by atoms with E-state index in [-0.39, 0.29) is 25.5 Å². The van der Waals surface area contributed by atoms with Gasteiger partial charge in [-0.15, -0.1) is 11.3 Å². The number of thiophene rings is 1. The summed E-state index contributed by atoms with van der Waals surface area (Å²) in [4.78, 5) is 36.2. The van der Waals surface area contributed by atoms with E-state index in [1.807, 2.05) is 29.6 Å². The van der Waals surface area contributed by atoms with Crippen molar-refractivity contribution in [3.63, 3.8) is 0 Å². The molecular weight excluding hydrogens is 452 g/mol. The van der Waals surface area contributed by atoms with Crippen LogP contribution in [-0.2, 0) is 14.3 Å². The lowest BCUT2D eigenvalue weighted by Crippen LogP contribution is -2.29. The number of carboxylic acids is 1. The van der Waals surface area contributed by atoms with Gasteiger partial charge in [0.25, 0.3) is 0 Å². The Morgan fingerprint density at radius 3 is 2.29 bits per heavy atom. The molecule has 0 spiro atoms.